The third kappa shape index (κ3) is 3.41. The summed E-state index contributed by atoms with van der Waals surface area (Å²) in [5, 5.41) is 9.04. The van der Waals surface area contributed by atoms with Gasteiger partial charge in [0.05, 0.1) is 6.61 Å². The van der Waals surface area contributed by atoms with Gasteiger partial charge in [0.2, 0.25) is 5.95 Å². The van der Waals surface area contributed by atoms with Crippen LogP contribution in [0.1, 0.15) is 29.0 Å². The first-order valence-corrected chi connectivity index (χ1v) is 6.43. The van der Waals surface area contributed by atoms with E-state index in [1.54, 1.807) is 14.0 Å². The van der Waals surface area contributed by atoms with E-state index >= 15 is 0 Å². The van der Waals surface area contributed by atoms with Crippen LogP contribution in [0.5, 0.6) is 0 Å². The monoisotopic (exact) mass is 265 g/mol. The fraction of sp³-hybridized carbons (Fsp3) is 0.615. The van der Waals surface area contributed by atoms with Crippen LogP contribution in [0.25, 0.3) is 0 Å². The second kappa shape index (κ2) is 5.97. The van der Waals surface area contributed by atoms with E-state index in [2.05, 4.69) is 9.97 Å². The van der Waals surface area contributed by atoms with Crippen LogP contribution in [0, 0.1) is 12.8 Å². The van der Waals surface area contributed by atoms with Crippen molar-refractivity contribution in [2.45, 2.75) is 19.8 Å². The molecule has 0 amide bonds. The SMILES string of the molecule is COCC1CCCN(c2nc(C)cc(C(=O)O)n2)C1. The summed E-state index contributed by atoms with van der Waals surface area (Å²) in [4.78, 5) is 21.5. The normalized spacial score (nSPS) is 19.5. The minimum atomic E-state index is -1.02. The topological polar surface area (TPSA) is 75.5 Å². The molecule has 1 saturated heterocycles. The van der Waals surface area contributed by atoms with Crippen LogP contribution in [0.15, 0.2) is 6.07 Å². The largest absolute Gasteiger partial charge is 0.477 e. The third-order valence-electron chi connectivity index (χ3n) is 3.27. The summed E-state index contributed by atoms with van der Waals surface area (Å²) in [7, 11) is 1.70. The van der Waals surface area contributed by atoms with Gasteiger partial charge in [0.25, 0.3) is 0 Å². The van der Waals surface area contributed by atoms with Crippen molar-refractivity contribution in [1.82, 2.24) is 9.97 Å². The van der Waals surface area contributed by atoms with Crippen LogP contribution in [0.2, 0.25) is 0 Å². The van der Waals surface area contributed by atoms with Gasteiger partial charge >= 0.3 is 5.97 Å². The number of carbonyl (C=O) groups is 1. The van der Waals surface area contributed by atoms with E-state index in [-0.39, 0.29) is 5.69 Å². The summed E-state index contributed by atoms with van der Waals surface area (Å²) < 4.78 is 5.19. The average molecular weight is 265 g/mol. The molecule has 6 heteroatoms. The first kappa shape index (κ1) is 13.7. The Hall–Kier alpha value is -1.69. The van der Waals surface area contributed by atoms with Gasteiger partial charge in [-0.25, -0.2) is 14.8 Å². The van der Waals surface area contributed by atoms with Crippen molar-refractivity contribution >= 4 is 11.9 Å². The number of piperidine rings is 1. The molecule has 0 radical (unpaired) electrons. The lowest BCUT2D eigenvalue weighted by atomic mass is 9.99. The van der Waals surface area contributed by atoms with Crippen LogP contribution in [0.4, 0.5) is 5.95 Å². The lowest BCUT2D eigenvalue weighted by molar-refractivity contribution is 0.0690. The van der Waals surface area contributed by atoms with Crippen molar-refractivity contribution in [3.8, 4) is 0 Å². The smallest absolute Gasteiger partial charge is 0.354 e. The Balaban J connectivity index is 2.18. The van der Waals surface area contributed by atoms with Crippen molar-refractivity contribution in [3.63, 3.8) is 0 Å². The Morgan fingerprint density at radius 3 is 3.05 bits per heavy atom. The van der Waals surface area contributed by atoms with Crippen LogP contribution in [0.3, 0.4) is 0 Å². The van der Waals surface area contributed by atoms with E-state index in [0.717, 1.165) is 25.9 Å². The summed E-state index contributed by atoms with van der Waals surface area (Å²) in [5.41, 5.74) is 0.729. The van der Waals surface area contributed by atoms with Crippen LogP contribution in [-0.4, -0.2) is 47.8 Å². The van der Waals surface area contributed by atoms with Crippen molar-refractivity contribution in [3.05, 3.63) is 17.5 Å². The summed E-state index contributed by atoms with van der Waals surface area (Å²) in [6.45, 7) is 4.18. The minimum absolute atomic E-state index is 0.0522. The highest BCUT2D eigenvalue weighted by Gasteiger charge is 2.22. The van der Waals surface area contributed by atoms with E-state index in [4.69, 9.17) is 9.84 Å². The Morgan fingerprint density at radius 2 is 2.37 bits per heavy atom. The first-order chi connectivity index (χ1) is 9.10. The number of rotatable bonds is 4. The number of ether oxygens (including phenoxy) is 1. The number of aromatic carboxylic acids is 1. The number of hydrogen-bond donors (Lipinski definition) is 1. The number of nitrogens with zero attached hydrogens (tertiary/aromatic N) is 3. The molecule has 2 rings (SSSR count). The molecule has 1 aromatic rings. The fourth-order valence-electron chi connectivity index (χ4n) is 2.42. The van der Waals surface area contributed by atoms with Crippen molar-refractivity contribution < 1.29 is 14.6 Å². The number of carboxylic acid groups (broad SMARTS) is 1. The number of anilines is 1. The van der Waals surface area contributed by atoms with Gasteiger partial charge in [-0.2, -0.15) is 0 Å². The van der Waals surface area contributed by atoms with Crippen molar-refractivity contribution in [1.29, 1.82) is 0 Å². The molecule has 0 saturated carbocycles. The molecule has 1 fully saturated rings. The lowest BCUT2D eigenvalue weighted by Crippen LogP contribution is -2.38. The first-order valence-electron chi connectivity index (χ1n) is 6.43. The van der Waals surface area contributed by atoms with Crippen LogP contribution < -0.4 is 4.90 Å². The predicted octanol–water partition coefficient (Wildman–Crippen LogP) is 1.35. The zero-order valence-corrected chi connectivity index (χ0v) is 11.3. The molecule has 0 aromatic carbocycles. The van der Waals surface area contributed by atoms with Crippen molar-refractivity contribution in [2.24, 2.45) is 5.92 Å². The zero-order valence-electron chi connectivity index (χ0n) is 11.3. The molecule has 0 spiro atoms. The summed E-state index contributed by atoms with van der Waals surface area (Å²) in [6.07, 6.45) is 2.18. The highest BCUT2D eigenvalue weighted by atomic mass is 16.5. The van der Waals surface area contributed by atoms with E-state index in [9.17, 15) is 4.79 Å². The minimum Gasteiger partial charge on any atom is -0.477 e. The van der Waals surface area contributed by atoms with Gasteiger partial charge < -0.3 is 14.7 Å². The predicted molar refractivity (Wildman–Crippen MR) is 70.5 cm³/mol. The number of carboxylic acids is 1. The Labute approximate surface area is 112 Å². The van der Waals surface area contributed by atoms with E-state index in [1.807, 2.05) is 4.90 Å². The van der Waals surface area contributed by atoms with Gasteiger partial charge in [-0.3, -0.25) is 0 Å². The molecule has 6 nitrogen and oxygen atoms in total. The van der Waals surface area contributed by atoms with Gasteiger partial charge in [0, 0.05) is 25.9 Å². The Bertz CT molecular complexity index is 462. The molecule has 19 heavy (non-hydrogen) atoms. The quantitative estimate of drug-likeness (QED) is 0.885. The van der Waals surface area contributed by atoms with Gasteiger partial charge in [0.15, 0.2) is 5.69 Å². The van der Waals surface area contributed by atoms with Gasteiger partial charge in [-0.1, -0.05) is 0 Å². The van der Waals surface area contributed by atoms with E-state index < -0.39 is 5.97 Å². The van der Waals surface area contributed by atoms with E-state index in [1.165, 1.54) is 6.07 Å². The third-order valence-corrected chi connectivity index (χ3v) is 3.27. The standard InChI is InChI=1S/C13H19N3O3/c1-9-6-11(12(17)18)15-13(14-9)16-5-3-4-10(7-16)8-19-2/h6,10H,3-5,7-8H2,1-2H3,(H,17,18). The van der Waals surface area contributed by atoms with Gasteiger partial charge in [-0.05, 0) is 31.7 Å². The highest BCUT2D eigenvalue weighted by molar-refractivity contribution is 5.85. The second-order valence-electron chi connectivity index (χ2n) is 4.91. The molecule has 104 valence electrons. The Kier molecular flexibility index (Phi) is 4.31. The molecular formula is C13H19N3O3. The summed E-state index contributed by atoms with van der Waals surface area (Å²) in [5.74, 6) is -0.0495. The molecule has 0 bridgehead atoms. The average Bonchev–Trinajstić information content (AvgIpc) is 2.38. The molecule has 1 aliphatic heterocycles. The fourth-order valence-corrected chi connectivity index (χ4v) is 2.42. The maximum Gasteiger partial charge on any atom is 0.354 e. The lowest BCUT2D eigenvalue weighted by Gasteiger charge is -2.32. The van der Waals surface area contributed by atoms with E-state index in [0.29, 0.717) is 24.2 Å². The molecule has 1 unspecified atom stereocenters. The molecule has 1 atom stereocenters. The molecule has 0 aliphatic carbocycles. The molecule has 1 aliphatic rings. The zero-order chi connectivity index (χ0) is 13.8. The number of hydrogen-bond acceptors (Lipinski definition) is 5. The molecular weight excluding hydrogens is 246 g/mol. The van der Waals surface area contributed by atoms with Crippen LogP contribution in [-0.2, 0) is 4.74 Å². The highest BCUT2D eigenvalue weighted by Crippen LogP contribution is 2.21. The maximum atomic E-state index is 11.0. The summed E-state index contributed by atoms with van der Waals surface area (Å²) in [6, 6.07) is 1.49. The second-order valence-corrected chi connectivity index (χ2v) is 4.91. The molecule has 1 aromatic heterocycles. The molecule has 1 N–H and O–H groups in total. The summed E-state index contributed by atoms with van der Waals surface area (Å²) >= 11 is 0. The number of aryl methyl sites for hydroxylation is 1. The van der Waals surface area contributed by atoms with Gasteiger partial charge in [-0.15, -0.1) is 0 Å². The van der Waals surface area contributed by atoms with Crippen molar-refractivity contribution in [2.75, 3.05) is 31.7 Å². The Morgan fingerprint density at radius 1 is 1.58 bits per heavy atom. The number of aromatic nitrogens is 2. The van der Waals surface area contributed by atoms with Gasteiger partial charge in [0.1, 0.15) is 0 Å². The number of methoxy groups -OCH3 is 1. The molecule has 2 heterocycles. The van der Waals surface area contributed by atoms with Crippen LogP contribution >= 0.6 is 0 Å². The maximum absolute atomic E-state index is 11.0.